The molecule has 0 fully saturated rings. The second-order valence-corrected chi connectivity index (χ2v) is 7.74. The molecule has 2 N–H and O–H groups in total. The van der Waals surface area contributed by atoms with Gasteiger partial charge in [0.2, 0.25) is 0 Å². The quantitative estimate of drug-likeness (QED) is 0.671. The maximum Gasteiger partial charge on any atom is 0.268 e. The van der Waals surface area contributed by atoms with Crippen molar-refractivity contribution in [3.63, 3.8) is 0 Å². The number of pyridine rings is 1. The third-order valence-electron chi connectivity index (χ3n) is 3.44. The van der Waals surface area contributed by atoms with Crippen molar-refractivity contribution in [2.24, 2.45) is 0 Å². The van der Waals surface area contributed by atoms with Gasteiger partial charge in [0.05, 0.1) is 5.69 Å². The molecule has 128 valence electrons. The molecule has 1 heterocycles. The van der Waals surface area contributed by atoms with E-state index in [0.29, 0.717) is 10.0 Å². The predicted octanol–water partition coefficient (Wildman–Crippen LogP) is 3.74. The topological polar surface area (TPSA) is 79.0 Å². The number of sulfonamides is 1. The molecule has 0 atom stereocenters. The summed E-state index contributed by atoms with van der Waals surface area (Å²) in [6.45, 7) is 0. The molecule has 5 nitrogen and oxygen atoms in total. The first-order chi connectivity index (χ1) is 11.9. The van der Waals surface area contributed by atoms with Gasteiger partial charge >= 0.3 is 0 Å². The van der Waals surface area contributed by atoms with Gasteiger partial charge in [0.15, 0.2) is 4.90 Å². The number of nitrogens with one attached hydrogen (secondary N) is 2. The molecule has 8 heteroatoms. The van der Waals surface area contributed by atoms with Crippen LogP contribution in [0, 0.1) is 5.82 Å². The minimum atomic E-state index is -4.25. The number of benzene rings is 2. The Morgan fingerprint density at radius 1 is 1.00 bits per heavy atom. The Morgan fingerprint density at radius 3 is 2.44 bits per heavy atom. The van der Waals surface area contributed by atoms with Crippen molar-refractivity contribution >= 4 is 31.6 Å². The molecule has 0 bridgehead atoms. The summed E-state index contributed by atoms with van der Waals surface area (Å²) < 4.78 is 41.5. The maximum absolute atomic E-state index is 14.1. The molecule has 0 aliphatic rings. The highest BCUT2D eigenvalue weighted by Gasteiger charge is 2.21. The molecule has 0 amide bonds. The van der Waals surface area contributed by atoms with Gasteiger partial charge in [-0.2, -0.15) is 0 Å². The van der Waals surface area contributed by atoms with Gasteiger partial charge in [0.1, 0.15) is 5.82 Å². The van der Waals surface area contributed by atoms with Gasteiger partial charge in [-0.25, -0.2) is 12.8 Å². The molecule has 2 aromatic carbocycles. The number of aromatic nitrogens is 1. The predicted molar refractivity (Wildman–Crippen MR) is 97.4 cm³/mol. The molecule has 3 aromatic rings. The molecule has 0 aliphatic carbocycles. The SMILES string of the molecule is O=c1[nH]cc(Br)cc1S(=O)(=O)Nc1cc(-c2ccccc2)ccc1F. The number of aromatic amines is 1. The molecule has 25 heavy (non-hydrogen) atoms. The number of hydrogen-bond acceptors (Lipinski definition) is 3. The van der Waals surface area contributed by atoms with Crippen molar-refractivity contribution in [3.05, 3.63) is 81.4 Å². The highest BCUT2D eigenvalue weighted by molar-refractivity contribution is 9.10. The third-order valence-corrected chi connectivity index (χ3v) is 5.27. The maximum atomic E-state index is 14.1. The summed E-state index contributed by atoms with van der Waals surface area (Å²) in [5, 5.41) is 0. The summed E-state index contributed by atoms with van der Waals surface area (Å²) in [6, 6.07) is 14.4. The van der Waals surface area contributed by atoms with Crippen LogP contribution >= 0.6 is 15.9 Å². The van der Waals surface area contributed by atoms with Crippen LogP contribution in [0.3, 0.4) is 0 Å². The lowest BCUT2D eigenvalue weighted by Gasteiger charge is -2.10. The van der Waals surface area contributed by atoms with Gasteiger partial charge in [-0.3, -0.25) is 9.52 Å². The first kappa shape index (κ1) is 17.4. The number of hydrogen-bond donors (Lipinski definition) is 2. The zero-order valence-corrected chi connectivity index (χ0v) is 15.1. The monoisotopic (exact) mass is 422 g/mol. The second kappa shape index (κ2) is 6.81. The van der Waals surface area contributed by atoms with Crippen LogP contribution in [0.1, 0.15) is 0 Å². The molecule has 0 aliphatic heterocycles. The van der Waals surface area contributed by atoms with Gasteiger partial charge in [-0.05, 0) is 45.3 Å². The molecule has 0 radical (unpaired) electrons. The van der Waals surface area contributed by atoms with Crippen LogP contribution in [0.5, 0.6) is 0 Å². The Balaban J connectivity index is 2.03. The van der Waals surface area contributed by atoms with Crippen LogP contribution in [0.25, 0.3) is 11.1 Å². The average molecular weight is 423 g/mol. The van der Waals surface area contributed by atoms with E-state index in [2.05, 4.69) is 25.6 Å². The molecule has 1 aromatic heterocycles. The summed E-state index contributed by atoms with van der Waals surface area (Å²) in [5.41, 5.74) is 0.419. The van der Waals surface area contributed by atoms with Crippen LogP contribution in [0.15, 0.2) is 75.0 Å². The Labute approximate surface area is 151 Å². The summed E-state index contributed by atoms with van der Waals surface area (Å²) in [4.78, 5) is 13.6. The van der Waals surface area contributed by atoms with Crippen LogP contribution in [-0.4, -0.2) is 13.4 Å². The first-order valence-corrected chi connectivity index (χ1v) is 9.40. The van der Waals surface area contributed by atoms with E-state index < -0.39 is 26.3 Å². The van der Waals surface area contributed by atoms with E-state index in [1.54, 1.807) is 6.07 Å². The lowest BCUT2D eigenvalue weighted by atomic mass is 10.1. The molecular weight excluding hydrogens is 411 g/mol. The van der Waals surface area contributed by atoms with Gasteiger partial charge in [0.25, 0.3) is 15.6 Å². The number of H-pyrrole nitrogens is 1. The molecule has 0 saturated carbocycles. The standard InChI is InChI=1S/C17H12BrFN2O3S/c18-13-9-16(17(22)20-10-13)25(23,24)21-15-8-12(6-7-14(15)19)11-4-2-1-3-5-11/h1-10,21H,(H,20,22). The minimum absolute atomic E-state index is 0.235. The van der Waals surface area contributed by atoms with Crippen molar-refractivity contribution in [2.45, 2.75) is 4.90 Å². The van der Waals surface area contributed by atoms with Crippen LogP contribution in [0.4, 0.5) is 10.1 Å². The summed E-state index contributed by atoms with van der Waals surface area (Å²) in [6.07, 6.45) is 1.32. The normalized spacial score (nSPS) is 11.3. The van der Waals surface area contributed by atoms with E-state index in [0.717, 1.165) is 11.6 Å². The fourth-order valence-electron chi connectivity index (χ4n) is 2.25. The minimum Gasteiger partial charge on any atom is -0.327 e. The molecule has 3 rings (SSSR count). The highest BCUT2D eigenvalue weighted by atomic mass is 79.9. The molecule has 0 unspecified atom stereocenters. The Morgan fingerprint density at radius 2 is 1.72 bits per heavy atom. The Kier molecular flexibility index (Phi) is 4.73. The number of halogens is 2. The van der Waals surface area contributed by atoms with Crippen molar-refractivity contribution in [1.82, 2.24) is 4.98 Å². The van der Waals surface area contributed by atoms with Gasteiger partial charge < -0.3 is 4.98 Å². The summed E-state index contributed by atoms with van der Waals surface area (Å²) in [7, 11) is -4.25. The smallest absolute Gasteiger partial charge is 0.268 e. The van der Waals surface area contributed by atoms with Gasteiger partial charge in [-0.15, -0.1) is 0 Å². The Bertz CT molecular complexity index is 1080. The third kappa shape index (κ3) is 3.80. The summed E-state index contributed by atoms with van der Waals surface area (Å²) >= 11 is 3.09. The largest absolute Gasteiger partial charge is 0.327 e. The van der Waals surface area contributed by atoms with Crippen molar-refractivity contribution in [1.29, 1.82) is 0 Å². The molecule has 0 spiro atoms. The lowest BCUT2D eigenvalue weighted by Crippen LogP contribution is -2.23. The van der Waals surface area contributed by atoms with Crippen molar-refractivity contribution < 1.29 is 12.8 Å². The Hall–Kier alpha value is -2.45. The first-order valence-electron chi connectivity index (χ1n) is 7.13. The van der Waals surface area contributed by atoms with E-state index in [-0.39, 0.29) is 5.69 Å². The second-order valence-electron chi connectivity index (χ2n) is 5.18. The average Bonchev–Trinajstić information content (AvgIpc) is 2.59. The fraction of sp³-hybridized carbons (Fsp3) is 0. The molecular formula is C17H12BrFN2O3S. The lowest BCUT2D eigenvalue weighted by molar-refractivity contribution is 0.597. The zero-order valence-electron chi connectivity index (χ0n) is 12.7. The highest BCUT2D eigenvalue weighted by Crippen LogP contribution is 2.26. The zero-order chi connectivity index (χ0) is 18.0. The van der Waals surface area contributed by atoms with E-state index in [1.165, 1.54) is 18.3 Å². The summed E-state index contributed by atoms with van der Waals surface area (Å²) in [5.74, 6) is -0.741. The van der Waals surface area contributed by atoms with Gasteiger partial charge in [0, 0.05) is 10.7 Å². The van der Waals surface area contributed by atoms with Crippen LogP contribution < -0.4 is 10.3 Å². The van der Waals surface area contributed by atoms with E-state index in [4.69, 9.17) is 0 Å². The van der Waals surface area contributed by atoms with Crippen LogP contribution in [-0.2, 0) is 10.0 Å². The number of rotatable bonds is 4. The van der Waals surface area contributed by atoms with Crippen LogP contribution in [0.2, 0.25) is 0 Å². The van der Waals surface area contributed by atoms with E-state index >= 15 is 0 Å². The van der Waals surface area contributed by atoms with E-state index in [9.17, 15) is 17.6 Å². The van der Waals surface area contributed by atoms with Crippen molar-refractivity contribution in [2.75, 3.05) is 4.72 Å². The van der Waals surface area contributed by atoms with Gasteiger partial charge in [-0.1, -0.05) is 36.4 Å². The van der Waals surface area contributed by atoms with E-state index in [1.807, 2.05) is 30.3 Å². The van der Waals surface area contributed by atoms with Crippen molar-refractivity contribution in [3.8, 4) is 11.1 Å². The fourth-order valence-corrected chi connectivity index (χ4v) is 3.89. The number of anilines is 1. The molecule has 0 saturated heterocycles.